The van der Waals surface area contributed by atoms with Crippen molar-refractivity contribution in [3.8, 4) is 11.8 Å². The first-order chi connectivity index (χ1) is 14.6. The Labute approximate surface area is 176 Å². The van der Waals surface area contributed by atoms with Crippen molar-refractivity contribution in [1.29, 1.82) is 10.7 Å². The normalized spacial score (nSPS) is 14.5. The van der Waals surface area contributed by atoms with E-state index in [0.717, 1.165) is 16.9 Å². The van der Waals surface area contributed by atoms with Crippen molar-refractivity contribution in [1.82, 2.24) is 4.98 Å². The molecule has 4 rings (SSSR count). The van der Waals surface area contributed by atoms with Crippen LogP contribution in [0.1, 0.15) is 23.6 Å². The average molecular weight is 397 g/mol. The van der Waals surface area contributed by atoms with E-state index in [0.29, 0.717) is 42.4 Å². The molecule has 1 aromatic heterocycles. The Morgan fingerprint density at radius 1 is 1.20 bits per heavy atom. The zero-order valence-electron chi connectivity index (χ0n) is 16.8. The molecule has 0 saturated carbocycles. The third kappa shape index (κ3) is 3.46. The van der Waals surface area contributed by atoms with Gasteiger partial charge >= 0.3 is 0 Å². The summed E-state index contributed by atoms with van der Waals surface area (Å²) < 4.78 is 5.55. The SMILES string of the molecule is CCOc1ccc(N)c(C(=N)c2ccnc(N3CC(C#N)(c4ccccc4)C3)c2)c1. The van der Waals surface area contributed by atoms with Gasteiger partial charge in [-0.05, 0) is 42.8 Å². The Kier molecular flexibility index (Phi) is 5.11. The number of hydrogen-bond donors (Lipinski definition) is 2. The van der Waals surface area contributed by atoms with E-state index in [-0.39, 0.29) is 0 Å². The highest BCUT2D eigenvalue weighted by atomic mass is 16.5. The van der Waals surface area contributed by atoms with Crippen molar-refractivity contribution in [2.24, 2.45) is 0 Å². The third-order valence-electron chi connectivity index (χ3n) is 5.43. The summed E-state index contributed by atoms with van der Waals surface area (Å²) in [5, 5.41) is 18.5. The van der Waals surface area contributed by atoms with Crippen LogP contribution in [0.5, 0.6) is 5.75 Å². The van der Waals surface area contributed by atoms with Crippen LogP contribution in [0.2, 0.25) is 0 Å². The predicted molar refractivity (Wildman–Crippen MR) is 118 cm³/mol. The van der Waals surface area contributed by atoms with E-state index in [1.807, 2.05) is 43.3 Å². The van der Waals surface area contributed by atoms with Crippen LogP contribution in [0.25, 0.3) is 0 Å². The molecule has 6 nitrogen and oxygen atoms in total. The first kappa shape index (κ1) is 19.5. The number of nitrogens with two attached hydrogens (primary N) is 1. The minimum atomic E-state index is -0.525. The molecule has 1 saturated heterocycles. The van der Waals surface area contributed by atoms with Gasteiger partial charge in [0.1, 0.15) is 17.0 Å². The lowest BCUT2D eigenvalue weighted by Crippen LogP contribution is -2.59. The van der Waals surface area contributed by atoms with E-state index < -0.39 is 5.41 Å². The number of nitrogens with zero attached hydrogens (tertiary/aromatic N) is 3. The van der Waals surface area contributed by atoms with E-state index in [1.165, 1.54) is 0 Å². The van der Waals surface area contributed by atoms with Crippen LogP contribution in [0.15, 0.2) is 66.9 Å². The second-order valence-corrected chi connectivity index (χ2v) is 7.38. The van der Waals surface area contributed by atoms with Crippen molar-refractivity contribution in [3.63, 3.8) is 0 Å². The third-order valence-corrected chi connectivity index (χ3v) is 5.43. The molecule has 1 aliphatic rings. The number of pyridine rings is 1. The molecule has 3 aromatic rings. The summed E-state index contributed by atoms with van der Waals surface area (Å²) >= 11 is 0. The predicted octanol–water partition coefficient (Wildman–Crippen LogP) is 3.76. The first-order valence-corrected chi connectivity index (χ1v) is 9.86. The summed E-state index contributed by atoms with van der Waals surface area (Å²) in [6.45, 7) is 3.60. The Morgan fingerprint density at radius 3 is 2.67 bits per heavy atom. The minimum Gasteiger partial charge on any atom is -0.494 e. The van der Waals surface area contributed by atoms with Gasteiger partial charge in [-0.15, -0.1) is 0 Å². The van der Waals surface area contributed by atoms with Crippen molar-refractivity contribution in [2.75, 3.05) is 30.3 Å². The van der Waals surface area contributed by atoms with Gasteiger partial charge < -0.3 is 15.4 Å². The van der Waals surface area contributed by atoms with Crippen LogP contribution < -0.4 is 15.4 Å². The van der Waals surface area contributed by atoms with Crippen molar-refractivity contribution in [3.05, 3.63) is 83.6 Å². The lowest BCUT2D eigenvalue weighted by atomic mass is 9.75. The van der Waals surface area contributed by atoms with Crippen LogP contribution in [0.4, 0.5) is 11.5 Å². The summed E-state index contributed by atoms with van der Waals surface area (Å²) in [5.41, 5.74) is 8.79. The molecule has 0 atom stereocenters. The van der Waals surface area contributed by atoms with Gasteiger partial charge in [-0.3, -0.25) is 5.41 Å². The van der Waals surface area contributed by atoms with Crippen LogP contribution in [0.3, 0.4) is 0 Å². The number of nitriles is 1. The van der Waals surface area contributed by atoms with Gasteiger partial charge in [0.25, 0.3) is 0 Å². The lowest BCUT2D eigenvalue weighted by molar-refractivity contribution is 0.340. The molecular formula is C24H23N5O. The minimum absolute atomic E-state index is 0.313. The molecule has 1 aliphatic heterocycles. The molecule has 3 N–H and O–H groups in total. The Morgan fingerprint density at radius 2 is 1.97 bits per heavy atom. The maximum Gasteiger partial charge on any atom is 0.129 e. The molecule has 30 heavy (non-hydrogen) atoms. The van der Waals surface area contributed by atoms with Gasteiger partial charge in [0.05, 0.1) is 18.4 Å². The van der Waals surface area contributed by atoms with Gasteiger partial charge in [-0.2, -0.15) is 5.26 Å². The van der Waals surface area contributed by atoms with Crippen molar-refractivity contribution < 1.29 is 4.74 Å². The van der Waals surface area contributed by atoms with Gasteiger partial charge in [-0.1, -0.05) is 30.3 Å². The molecule has 0 unspecified atom stereocenters. The molecule has 6 heteroatoms. The monoisotopic (exact) mass is 397 g/mol. The number of hydrogen-bond acceptors (Lipinski definition) is 6. The molecule has 0 radical (unpaired) electrons. The smallest absolute Gasteiger partial charge is 0.129 e. The fourth-order valence-corrected chi connectivity index (χ4v) is 3.75. The van der Waals surface area contributed by atoms with Crippen LogP contribution >= 0.6 is 0 Å². The molecule has 2 aromatic carbocycles. The number of ether oxygens (including phenoxy) is 1. The number of nitrogens with one attached hydrogen (secondary N) is 1. The fraction of sp³-hybridized carbons (Fsp3) is 0.208. The van der Waals surface area contributed by atoms with Gasteiger partial charge in [0, 0.05) is 36.1 Å². The maximum atomic E-state index is 9.79. The first-order valence-electron chi connectivity index (χ1n) is 9.86. The van der Waals surface area contributed by atoms with Crippen LogP contribution in [0, 0.1) is 16.7 Å². The number of anilines is 2. The van der Waals surface area contributed by atoms with Crippen molar-refractivity contribution >= 4 is 17.2 Å². The van der Waals surface area contributed by atoms with E-state index in [1.54, 1.807) is 30.5 Å². The average Bonchev–Trinajstić information content (AvgIpc) is 2.75. The number of aromatic nitrogens is 1. The highest BCUT2D eigenvalue weighted by molar-refractivity contribution is 6.14. The topological polar surface area (TPSA) is 99.0 Å². The highest BCUT2D eigenvalue weighted by Gasteiger charge is 2.45. The highest BCUT2D eigenvalue weighted by Crippen LogP contribution is 2.36. The van der Waals surface area contributed by atoms with E-state index in [2.05, 4.69) is 16.0 Å². The summed E-state index contributed by atoms with van der Waals surface area (Å²) in [7, 11) is 0. The summed E-state index contributed by atoms with van der Waals surface area (Å²) in [5.74, 6) is 1.43. The molecule has 0 aliphatic carbocycles. The summed E-state index contributed by atoms with van der Waals surface area (Å²) in [6.07, 6.45) is 1.69. The zero-order chi connectivity index (χ0) is 21.1. The molecule has 0 spiro atoms. The second-order valence-electron chi connectivity index (χ2n) is 7.38. The summed E-state index contributed by atoms with van der Waals surface area (Å²) in [6, 6.07) is 21.4. The van der Waals surface area contributed by atoms with E-state index in [9.17, 15) is 5.26 Å². The Bertz CT molecular complexity index is 1110. The van der Waals surface area contributed by atoms with Gasteiger partial charge in [0.15, 0.2) is 0 Å². The van der Waals surface area contributed by atoms with E-state index in [4.69, 9.17) is 15.9 Å². The number of rotatable bonds is 6. The maximum absolute atomic E-state index is 9.79. The van der Waals surface area contributed by atoms with Gasteiger partial charge in [-0.25, -0.2) is 4.98 Å². The van der Waals surface area contributed by atoms with Gasteiger partial charge in [0.2, 0.25) is 0 Å². The Hall–Kier alpha value is -3.85. The standard InChI is InChI=1S/C24H23N5O/c1-2-30-19-8-9-21(26)20(13-19)23(27)17-10-11-28-22(12-17)29-15-24(14-25,16-29)18-6-4-3-5-7-18/h3-13,27H,2,15-16,26H2,1H3. The Balaban J connectivity index is 1.57. The molecular weight excluding hydrogens is 374 g/mol. The lowest BCUT2D eigenvalue weighted by Gasteiger charge is -2.46. The molecule has 1 fully saturated rings. The molecule has 0 bridgehead atoms. The van der Waals surface area contributed by atoms with Crippen LogP contribution in [-0.2, 0) is 5.41 Å². The quantitative estimate of drug-likeness (QED) is 0.487. The largest absolute Gasteiger partial charge is 0.494 e. The molecule has 150 valence electrons. The number of benzene rings is 2. The van der Waals surface area contributed by atoms with Crippen LogP contribution in [-0.4, -0.2) is 30.4 Å². The second kappa shape index (κ2) is 7.88. The van der Waals surface area contributed by atoms with E-state index >= 15 is 0 Å². The number of nitrogen functional groups attached to an aromatic ring is 1. The molecule has 0 amide bonds. The fourth-order valence-electron chi connectivity index (χ4n) is 3.75. The van der Waals surface area contributed by atoms with Crippen molar-refractivity contribution in [2.45, 2.75) is 12.3 Å². The zero-order valence-corrected chi connectivity index (χ0v) is 16.8. The summed E-state index contributed by atoms with van der Waals surface area (Å²) in [4.78, 5) is 6.53. The molecule has 2 heterocycles.